The number of nitrogens with zero attached hydrogens (tertiary/aromatic N) is 1. The van der Waals surface area contributed by atoms with E-state index in [1.54, 1.807) is 6.92 Å². The van der Waals surface area contributed by atoms with Crippen LogP contribution in [0.15, 0.2) is 29.2 Å². The molecule has 0 aliphatic carbocycles. The maximum absolute atomic E-state index is 12.7. The number of alkyl halides is 3. The van der Waals surface area contributed by atoms with E-state index in [0.29, 0.717) is 18.6 Å². The molecule has 1 fully saturated rings. The Morgan fingerprint density at radius 3 is 2.21 bits per heavy atom. The highest BCUT2D eigenvalue weighted by Crippen LogP contribution is 2.31. The highest BCUT2D eigenvalue weighted by atomic mass is 32.2. The van der Waals surface area contributed by atoms with E-state index in [1.165, 1.54) is 0 Å². The van der Waals surface area contributed by atoms with Crippen LogP contribution in [-0.4, -0.2) is 45.2 Å². The predicted octanol–water partition coefficient (Wildman–Crippen LogP) is 2.29. The molecule has 1 aromatic carbocycles. The fourth-order valence-electron chi connectivity index (χ4n) is 2.67. The summed E-state index contributed by atoms with van der Waals surface area (Å²) in [7, 11) is -7.34. The Labute approximate surface area is 139 Å². The molecule has 136 valence electrons. The van der Waals surface area contributed by atoms with Crippen molar-refractivity contribution in [3.05, 3.63) is 29.8 Å². The van der Waals surface area contributed by atoms with E-state index >= 15 is 0 Å². The smallest absolute Gasteiger partial charge is 0.229 e. The van der Waals surface area contributed by atoms with Gasteiger partial charge in [0.05, 0.1) is 22.0 Å². The number of halogens is 3. The molecular formula is C14H18F3NO4S2. The second-order valence-corrected chi connectivity index (χ2v) is 9.81. The molecule has 1 aromatic rings. The third-order valence-electron chi connectivity index (χ3n) is 3.85. The summed E-state index contributed by atoms with van der Waals surface area (Å²) in [5.41, 5.74) is -0.938. The standard InChI is InChI=1S/C14H18F3NO4S2/c1-2-8-18(12-7-9-23(19,20)10-12)24(21,22)13-5-3-11(4-6-13)14(15,16)17/h3-6,12H,2,7-10H2,1H3. The van der Waals surface area contributed by atoms with Crippen LogP contribution in [0.25, 0.3) is 0 Å². The highest BCUT2D eigenvalue weighted by Gasteiger charge is 2.38. The van der Waals surface area contributed by atoms with Crippen LogP contribution in [0.3, 0.4) is 0 Å². The second kappa shape index (κ2) is 6.64. The first-order valence-electron chi connectivity index (χ1n) is 7.37. The Bertz CT molecular complexity index is 786. The molecule has 1 atom stereocenters. The fourth-order valence-corrected chi connectivity index (χ4v) is 6.24. The van der Waals surface area contributed by atoms with Gasteiger partial charge in [0.2, 0.25) is 10.0 Å². The van der Waals surface area contributed by atoms with E-state index in [1.807, 2.05) is 0 Å². The molecule has 1 unspecified atom stereocenters. The SMILES string of the molecule is CCCN(C1CCS(=O)(=O)C1)S(=O)(=O)c1ccc(C(F)(F)F)cc1. The van der Waals surface area contributed by atoms with Crippen LogP contribution in [0.5, 0.6) is 0 Å². The van der Waals surface area contributed by atoms with Gasteiger partial charge in [-0.15, -0.1) is 0 Å². The third kappa shape index (κ3) is 4.09. The van der Waals surface area contributed by atoms with Crippen LogP contribution in [0.2, 0.25) is 0 Å². The maximum Gasteiger partial charge on any atom is 0.416 e. The molecule has 10 heteroatoms. The molecule has 24 heavy (non-hydrogen) atoms. The number of sulfonamides is 1. The van der Waals surface area contributed by atoms with Crippen LogP contribution < -0.4 is 0 Å². The number of sulfone groups is 1. The second-order valence-electron chi connectivity index (χ2n) is 5.69. The fraction of sp³-hybridized carbons (Fsp3) is 0.571. The first-order valence-corrected chi connectivity index (χ1v) is 10.6. The Morgan fingerprint density at radius 2 is 1.79 bits per heavy atom. The van der Waals surface area contributed by atoms with E-state index in [2.05, 4.69) is 0 Å². The lowest BCUT2D eigenvalue weighted by Crippen LogP contribution is -2.41. The van der Waals surface area contributed by atoms with Gasteiger partial charge in [-0.3, -0.25) is 0 Å². The minimum Gasteiger partial charge on any atom is -0.229 e. The average molecular weight is 385 g/mol. The van der Waals surface area contributed by atoms with Gasteiger partial charge in [0, 0.05) is 12.6 Å². The summed E-state index contributed by atoms with van der Waals surface area (Å²) in [5, 5.41) is 0. The van der Waals surface area contributed by atoms with Crippen molar-refractivity contribution in [2.45, 2.75) is 36.9 Å². The summed E-state index contributed by atoms with van der Waals surface area (Å²) in [6.07, 6.45) is -3.89. The minimum absolute atomic E-state index is 0.0829. The Hall–Kier alpha value is -1.13. The molecule has 0 amide bonds. The van der Waals surface area contributed by atoms with Crippen molar-refractivity contribution < 1.29 is 30.0 Å². The van der Waals surface area contributed by atoms with Crippen molar-refractivity contribution in [3.8, 4) is 0 Å². The molecular weight excluding hydrogens is 367 g/mol. The lowest BCUT2D eigenvalue weighted by Gasteiger charge is -2.27. The van der Waals surface area contributed by atoms with Gasteiger partial charge in [-0.05, 0) is 37.1 Å². The quantitative estimate of drug-likeness (QED) is 0.780. The average Bonchev–Trinajstić information content (AvgIpc) is 2.83. The van der Waals surface area contributed by atoms with Crippen LogP contribution in [0, 0.1) is 0 Å². The number of hydrogen-bond acceptors (Lipinski definition) is 4. The number of benzene rings is 1. The molecule has 5 nitrogen and oxygen atoms in total. The van der Waals surface area contributed by atoms with E-state index in [-0.39, 0.29) is 29.4 Å². The molecule has 0 spiro atoms. The Balaban J connectivity index is 2.35. The summed E-state index contributed by atoms with van der Waals surface area (Å²) < 4.78 is 87.6. The molecule has 1 heterocycles. The van der Waals surface area contributed by atoms with Gasteiger partial charge in [-0.1, -0.05) is 6.92 Å². The molecule has 2 rings (SSSR count). The monoisotopic (exact) mass is 385 g/mol. The molecule has 1 saturated heterocycles. The van der Waals surface area contributed by atoms with Crippen molar-refractivity contribution in [2.75, 3.05) is 18.1 Å². The summed E-state index contributed by atoms with van der Waals surface area (Å²) >= 11 is 0. The van der Waals surface area contributed by atoms with Crippen molar-refractivity contribution in [2.24, 2.45) is 0 Å². The zero-order chi connectivity index (χ0) is 18.2. The third-order valence-corrected chi connectivity index (χ3v) is 7.56. The lowest BCUT2D eigenvalue weighted by molar-refractivity contribution is -0.137. The van der Waals surface area contributed by atoms with Gasteiger partial charge in [0.1, 0.15) is 0 Å². The first kappa shape index (κ1) is 19.2. The van der Waals surface area contributed by atoms with E-state index in [9.17, 15) is 30.0 Å². The first-order chi connectivity index (χ1) is 11.0. The Morgan fingerprint density at radius 1 is 1.21 bits per heavy atom. The van der Waals surface area contributed by atoms with Crippen molar-refractivity contribution in [1.29, 1.82) is 0 Å². The van der Waals surface area contributed by atoms with Gasteiger partial charge in [-0.25, -0.2) is 16.8 Å². The molecule has 0 radical (unpaired) electrons. The van der Waals surface area contributed by atoms with Gasteiger partial charge in [0.25, 0.3) is 0 Å². The topological polar surface area (TPSA) is 71.5 Å². The van der Waals surface area contributed by atoms with Crippen LogP contribution in [0.4, 0.5) is 13.2 Å². The van der Waals surface area contributed by atoms with Crippen LogP contribution in [-0.2, 0) is 26.0 Å². The molecule has 0 N–H and O–H groups in total. The molecule has 1 aliphatic rings. The largest absolute Gasteiger partial charge is 0.416 e. The molecule has 0 saturated carbocycles. The number of hydrogen-bond donors (Lipinski definition) is 0. The van der Waals surface area contributed by atoms with Crippen molar-refractivity contribution in [1.82, 2.24) is 4.31 Å². The zero-order valence-electron chi connectivity index (χ0n) is 13.0. The van der Waals surface area contributed by atoms with Crippen LogP contribution >= 0.6 is 0 Å². The van der Waals surface area contributed by atoms with Gasteiger partial charge in [0.15, 0.2) is 9.84 Å². The van der Waals surface area contributed by atoms with Crippen molar-refractivity contribution in [3.63, 3.8) is 0 Å². The predicted molar refractivity (Wildman–Crippen MR) is 82.7 cm³/mol. The van der Waals surface area contributed by atoms with Crippen molar-refractivity contribution >= 4 is 19.9 Å². The minimum atomic E-state index is -4.55. The van der Waals surface area contributed by atoms with Gasteiger partial charge >= 0.3 is 6.18 Å². The van der Waals surface area contributed by atoms with E-state index in [0.717, 1.165) is 16.4 Å². The van der Waals surface area contributed by atoms with Gasteiger partial charge in [-0.2, -0.15) is 17.5 Å². The summed E-state index contributed by atoms with van der Waals surface area (Å²) in [5.74, 6) is -0.340. The number of rotatable bonds is 5. The van der Waals surface area contributed by atoms with E-state index in [4.69, 9.17) is 0 Å². The Kier molecular flexibility index (Phi) is 5.31. The van der Waals surface area contributed by atoms with Gasteiger partial charge < -0.3 is 0 Å². The zero-order valence-corrected chi connectivity index (χ0v) is 14.6. The summed E-state index contributed by atoms with van der Waals surface area (Å²) in [4.78, 5) is -0.270. The molecule has 1 aliphatic heterocycles. The normalized spacial score (nSPS) is 21.3. The molecule has 0 bridgehead atoms. The highest BCUT2D eigenvalue weighted by molar-refractivity contribution is 7.92. The molecule has 0 aromatic heterocycles. The maximum atomic E-state index is 12.7. The van der Waals surface area contributed by atoms with Crippen LogP contribution in [0.1, 0.15) is 25.3 Å². The lowest BCUT2D eigenvalue weighted by atomic mass is 10.2. The summed E-state index contributed by atoms with van der Waals surface area (Å²) in [6.45, 7) is 1.86. The summed E-state index contributed by atoms with van der Waals surface area (Å²) in [6, 6.07) is 2.56. The van der Waals surface area contributed by atoms with E-state index < -0.39 is 37.6 Å².